The van der Waals surface area contributed by atoms with Crippen LogP contribution in [0.4, 0.5) is 0 Å². The van der Waals surface area contributed by atoms with Gasteiger partial charge in [-0.25, -0.2) is 0 Å². The summed E-state index contributed by atoms with van der Waals surface area (Å²) in [5, 5.41) is 0. The first-order chi connectivity index (χ1) is 16.0. The Kier molecular flexibility index (Phi) is 16.3. The van der Waals surface area contributed by atoms with Gasteiger partial charge in [0.25, 0.3) is 0 Å². The summed E-state index contributed by atoms with van der Waals surface area (Å²) in [6, 6.07) is 18.8. The Labute approximate surface area is 226 Å². The van der Waals surface area contributed by atoms with Gasteiger partial charge < -0.3 is 9.47 Å². The number of hydrogen-bond donors (Lipinski definition) is 0. The Bertz CT molecular complexity index is 753. The highest BCUT2D eigenvalue weighted by atomic mass is 16.7. The van der Waals surface area contributed by atoms with Crippen LogP contribution in [0.3, 0.4) is 0 Å². The van der Waals surface area contributed by atoms with Crippen LogP contribution in [0.5, 0.6) is 5.75 Å². The third-order valence-corrected chi connectivity index (χ3v) is 4.06. The van der Waals surface area contributed by atoms with Crippen molar-refractivity contribution in [1.29, 1.82) is 0 Å². The van der Waals surface area contributed by atoms with Gasteiger partial charge in [0, 0.05) is 6.61 Å². The smallest absolute Gasteiger partial charge is 0.196 e. The fourth-order valence-corrected chi connectivity index (χ4v) is 2.43. The van der Waals surface area contributed by atoms with Gasteiger partial charge in [-0.3, -0.25) is 0 Å². The molecule has 0 saturated heterocycles. The number of ether oxygens (including phenoxy) is 2. The van der Waals surface area contributed by atoms with E-state index in [0.29, 0.717) is 22.9 Å². The van der Waals surface area contributed by atoms with Gasteiger partial charge in [0.15, 0.2) is 6.29 Å². The van der Waals surface area contributed by atoms with Crippen LogP contribution in [0.1, 0.15) is 122 Å². The molecule has 0 aliphatic carbocycles. The van der Waals surface area contributed by atoms with Crippen LogP contribution in [0, 0.1) is 10.8 Å². The van der Waals surface area contributed by atoms with Crippen LogP contribution in [0.25, 0.3) is 0 Å². The molecule has 0 saturated carbocycles. The Balaban J connectivity index is 0. The normalized spacial score (nSPS) is 12.6. The summed E-state index contributed by atoms with van der Waals surface area (Å²) in [6.07, 6.45) is -0.189. The molecular weight excluding hydrogens is 440 g/mol. The molecule has 0 radical (unpaired) electrons. The Morgan fingerprint density at radius 3 is 1.17 bits per heavy atom. The predicted molar refractivity (Wildman–Crippen MR) is 162 cm³/mol. The number of rotatable bonds is 4. The topological polar surface area (TPSA) is 18.5 Å². The van der Waals surface area contributed by atoms with Crippen LogP contribution in [-0.2, 0) is 15.6 Å². The lowest BCUT2D eigenvalue weighted by atomic mass is 9.87. The molecule has 0 aliphatic rings. The predicted octanol–water partition coefficient (Wildman–Crippen LogP) is 10.8. The standard InChI is InChI=1S/C14H22O2.C10H14.2C5H12/c1-6-15-11(2)16-13-9-7-12(8-10-13)14(3,4)5;1-10(2,3)9-7-5-4-6-8-9;2*1-5(2,3)4/h7-11H,6H2,1-5H3;4-8H,1-3H3;2*1-4H3. The van der Waals surface area contributed by atoms with Gasteiger partial charge >= 0.3 is 0 Å². The molecule has 1 atom stereocenters. The van der Waals surface area contributed by atoms with Crippen molar-refractivity contribution in [2.24, 2.45) is 10.8 Å². The number of benzene rings is 2. The zero-order valence-electron chi connectivity index (χ0n) is 26.8. The second-order valence-electron chi connectivity index (χ2n) is 14.5. The van der Waals surface area contributed by atoms with Gasteiger partial charge in [-0.2, -0.15) is 0 Å². The van der Waals surface area contributed by atoms with Crippen molar-refractivity contribution in [2.45, 2.75) is 128 Å². The highest BCUT2D eigenvalue weighted by Crippen LogP contribution is 2.24. The van der Waals surface area contributed by atoms with E-state index >= 15 is 0 Å². The molecule has 0 fully saturated rings. The lowest BCUT2D eigenvalue weighted by Gasteiger charge is -2.20. The highest BCUT2D eigenvalue weighted by Gasteiger charge is 2.13. The van der Waals surface area contributed by atoms with E-state index in [1.165, 1.54) is 11.1 Å². The van der Waals surface area contributed by atoms with Crippen molar-refractivity contribution >= 4 is 0 Å². The minimum atomic E-state index is -0.189. The molecule has 0 N–H and O–H groups in total. The first-order valence-electron chi connectivity index (χ1n) is 13.5. The van der Waals surface area contributed by atoms with Gasteiger partial charge in [0.2, 0.25) is 0 Å². The van der Waals surface area contributed by atoms with Crippen LogP contribution in [0.15, 0.2) is 54.6 Å². The lowest BCUT2D eigenvalue weighted by molar-refractivity contribution is -0.0613. The summed E-state index contributed by atoms with van der Waals surface area (Å²) in [5.74, 6) is 0.856. The Morgan fingerprint density at radius 1 is 0.556 bits per heavy atom. The molecule has 36 heavy (non-hydrogen) atoms. The maximum atomic E-state index is 5.60. The zero-order chi connectivity index (χ0) is 28.8. The quantitative estimate of drug-likeness (QED) is 0.389. The monoisotopic (exact) mass is 500 g/mol. The van der Waals surface area contributed by atoms with E-state index in [2.05, 4.69) is 139 Å². The highest BCUT2D eigenvalue weighted by molar-refractivity contribution is 5.31. The third kappa shape index (κ3) is 25.3. The minimum absolute atomic E-state index is 0.185. The molecule has 0 bridgehead atoms. The number of hydrogen-bond acceptors (Lipinski definition) is 2. The summed E-state index contributed by atoms with van der Waals surface area (Å²) >= 11 is 0. The zero-order valence-corrected chi connectivity index (χ0v) is 26.8. The van der Waals surface area contributed by atoms with Gasteiger partial charge in [0.1, 0.15) is 5.75 Å². The molecule has 1 unspecified atom stereocenters. The van der Waals surface area contributed by atoms with Crippen LogP contribution in [-0.4, -0.2) is 12.9 Å². The molecular formula is C34H60O2. The first kappa shape index (κ1) is 36.4. The van der Waals surface area contributed by atoms with Crippen LogP contribution >= 0.6 is 0 Å². The van der Waals surface area contributed by atoms with E-state index in [0.717, 1.165) is 5.75 Å². The van der Waals surface area contributed by atoms with E-state index in [1.54, 1.807) is 0 Å². The molecule has 0 spiro atoms. The van der Waals surface area contributed by atoms with Gasteiger partial charge in [-0.15, -0.1) is 0 Å². The van der Waals surface area contributed by atoms with Gasteiger partial charge in [-0.05, 0) is 58.8 Å². The largest absolute Gasteiger partial charge is 0.465 e. The van der Waals surface area contributed by atoms with Gasteiger partial charge in [-0.1, -0.05) is 139 Å². The van der Waals surface area contributed by atoms with Crippen molar-refractivity contribution in [3.8, 4) is 5.75 Å². The first-order valence-corrected chi connectivity index (χ1v) is 13.5. The molecule has 0 aromatic heterocycles. The Hall–Kier alpha value is -1.80. The second-order valence-corrected chi connectivity index (χ2v) is 14.5. The van der Waals surface area contributed by atoms with Crippen molar-refractivity contribution in [2.75, 3.05) is 6.61 Å². The van der Waals surface area contributed by atoms with Gasteiger partial charge in [0.05, 0.1) is 0 Å². The average molecular weight is 501 g/mol. The molecule has 0 heterocycles. The summed E-state index contributed by atoms with van der Waals surface area (Å²) in [7, 11) is 0. The fraction of sp³-hybridized carbons (Fsp3) is 0.647. The van der Waals surface area contributed by atoms with E-state index in [1.807, 2.05) is 26.0 Å². The molecule has 0 amide bonds. The molecule has 208 valence electrons. The summed E-state index contributed by atoms with van der Waals surface area (Å²) in [4.78, 5) is 0. The molecule has 2 heteroatoms. The van der Waals surface area contributed by atoms with E-state index in [4.69, 9.17) is 9.47 Å². The lowest BCUT2D eigenvalue weighted by Crippen LogP contribution is -2.16. The fourth-order valence-electron chi connectivity index (χ4n) is 2.43. The average Bonchev–Trinajstić information content (AvgIpc) is 2.66. The van der Waals surface area contributed by atoms with E-state index in [9.17, 15) is 0 Å². The maximum absolute atomic E-state index is 5.60. The minimum Gasteiger partial charge on any atom is -0.465 e. The summed E-state index contributed by atoms with van der Waals surface area (Å²) < 4.78 is 10.9. The molecule has 2 aromatic carbocycles. The van der Waals surface area contributed by atoms with Crippen molar-refractivity contribution in [1.82, 2.24) is 0 Å². The van der Waals surface area contributed by atoms with Crippen molar-refractivity contribution < 1.29 is 9.47 Å². The van der Waals surface area contributed by atoms with E-state index in [-0.39, 0.29) is 11.7 Å². The van der Waals surface area contributed by atoms with Crippen molar-refractivity contribution in [3.63, 3.8) is 0 Å². The molecule has 2 nitrogen and oxygen atoms in total. The van der Waals surface area contributed by atoms with Crippen molar-refractivity contribution in [3.05, 3.63) is 65.7 Å². The molecule has 2 rings (SSSR count). The maximum Gasteiger partial charge on any atom is 0.196 e. The van der Waals surface area contributed by atoms with Crippen LogP contribution in [0.2, 0.25) is 0 Å². The van der Waals surface area contributed by atoms with E-state index < -0.39 is 0 Å². The SMILES string of the molecule is CC(C)(C)C.CC(C)(C)C.CC(C)(C)c1ccccc1.CCOC(C)Oc1ccc(C(C)(C)C)cc1. The molecule has 0 aliphatic heterocycles. The summed E-state index contributed by atoms with van der Waals surface area (Å²) in [5.41, 5.74) is 4.18. The second kappa shape index (κ2) is 16.1. The summed E-state index contributed by atoms with van der Waals surface area (Å²) in [6.45, 7) is 35.3. The third-order valence-electron chi connectivity index (χ3n) is 4.06. The Morgan fingerprint density at radius 2 is 0.889 bits per heavy atom. The van der Waals surface area contributed by atoms with Crippen LogP contribution < -0.4 is 4.74 Å². The molecule has 2 aromatic rings.